The molecular weight excluding hydrogens is 586 g/mol. The maximum absolute atomic E-state index is 14.8. The number of nitrogens with two attached hydrogens (primary N) is 1. The summed E-state index contributed by atoms with van der Waals surface area (Å²) in [6, 6.07) is 9.95. The van der Waals surface area contributed by atoms with E-state index in [0.29, 0.717) is 18.6 Å². The molecule has 2 aliphatic carbocycles. The van der Waals surface area contributed by atoms with E-state index in [9.17, 15) is 32.3 Å². The molecule has 44 heavy (non-hydrogen) atoms. The van der Waals surface area contributed by atoms with Crippen molar-refractivity contribution in [3.63, 3.8) is 0 Å². The number of alkyl halides is 3. The highest BCUT2D eigenvalue weighted by Gasteiger charge is 2.60. The molecule has 2 heterocycles. The van der Waals surface area contributed by atoms with Crippen LogP contribution in [-0.4, -0.2) is 54.4 Å². The Hall–Kier alpha value is -4.39. The van der Waals surface area contributed by atoms with Crippen molar-refractivity contribution in [2.75, 3.05) is 20.3 Å². The highest BCUT2D eigenvalue weighted by molar-refractivity contribution is 5.95. The van der Waals surface area contributed by atoms with Crippen molar-refractivity contribution in [2.45, 2.75) is 49.0 Å². The number of benzene rings is 2. The molecule has 1 unspecified atom stereocenters. The normalized spacial score (nSPS) is 20.7. The quantitative estimate of drug-likeness (QED) is 0.292. The Bertz CT molecular complexity index is 1620. The number of nitrogens with zero attached hydrogens (tertiary/aromatic N) is 1. The molecule has 2 atom stereocenters. The molecule has 232 valence electrons. The Balaban J connectivity index is 1.39. The topological polar surface area (TPSA) is 133 Å². The van der Waals surface area contributed by atoms with Crippen LogP contribution in [0.3, 0.4) is 0 Å². The minimum Gasteiger partial charge on any atom is -0.493 e. The van der Waals surface area contributed by atoms with Crippen LogP contribution in [0, 0.1) is 11.7 Å². The molecule has 2 amide bonds. The van der Waals surface area contributed by atoms with Crippen LogP contribution in [0.15, 0.2) is 48.5 Å². The van der Waals surface area contributed by atoms with E-state index < -0.39 is 47.1 Å². The first kappa shape index (κ1) is 29.7. The Morgan fingerprint density at radius 3 is 2.39 bits per heavy atom. The summed E-state index contributed by atoms with van der Waals surface area (Å²) in [5, 5.41) is 13.5. The van der Waals surface area contributed by atoms with E-state index >= 15 is 0 Å². The Morgan fingerprint density at radius 2 is 1.80 bits per heavy atom. The van der Waals surface area contributed by atoms with Crippen molar-refractivity contribution in [1.82, 2.24) is 10.3 Å². The number of fused-ring (bicyclic) bond motifs is 1. The van der Waals surface area contributed by atoms with Crippen LogP contribution in [-0.2, 0) is 15.8 Å². The Labute approximate surface area is 249 Å². The van der Waals surface area contributed by atoms with Gasteiger partial charge in [-0.1, -0.05) is 0 Å². The lowest BCUT2D eigenvalue weighted by Crippen LogP contribution is -2.52. The van der Waals surface area contributed by atoms with E-state index in [1.807, 2.05) is 0 Å². The van der Waals surface area contributed by atoms with Crippen molar-refractivity contribution in [2.24, 2.45) is 11.7 Å². The van der Waals surface area contributed by atoms with Crippen molar-refractivity contribution in [3.05, 3.63) is 71.2 Å². The summed E-state index contributed by atoms with van der Waals surface area (Å²) < 4.78 is 74.9. The van der Waals surface area contributed by atoms with Crippen LogP contribution in [0.25, 0.3) is 11.3 Å². The maximum atomic E-state index is 14.8. The summed E-state index contributed by atoms with van der Waals surface area (Å²) in [4.78, 5) is 30.0. The molecule has 3 aliphatic rings. The molecular formula is C31H29F4N3O6. The first-order valence-electron chi connectivity index (χ1n) is 14.0. The lowest BCUT2D eigenvalue weighted by molar-refractivity contribution is -0.265. The number of carbonyl (C=O) groups excluding carboxylic acids is 2. The van der Waals surface area contributed by atoms with E-state index in [0.717, 1.165) is 31.0 Å². The van der Waals surface area contributed by atoms with E-state index in [1.54, 1.807) is 0 Å². The third-order valence-corrected chi connectivity index (χ3v) is 8.37. The average Bonchev–Trinajstić information content (AvgIpc) is 3.94. The number of hydrogen-bond acceptors (Lipinski definition) is 7. The number of aliphatic hydroxyl groups is 1. The zero-order valence-electron chi connectivity index (χ0n) is 23.5. The summed E-state index contributed by atoms with van der Waals surface area (Å²) in [6.45, 7) is -1.54. The molecule has 3 aromatic rings. The summed E-state index contributed by atoms with van der Waals surface area (Å²) >= 11 is 0. The van der Waals surface area contributed by atoms with E-state index in [1.165, 1.54) is 37.4 Å². The first-order valence-corrected chi connectivity index (χ1v) is 14.0. The van der Waals surface area contributed by atoms with Gasteiger partial charge >= 0.3 is 6.18 Å². The summed E-state index contributed by atoms with van der Waals surface area (Å²) in [6.07, 6.45) is -2.33. The Kier molecular flexibility index (Phi) is 7.18. The third kappa shape index (κ3) is 5.08. The molecule has 0 spiro atoms. The number of amides is 2. The molecule has 13 heteroatoms. The fraction of sp³-hybridized carbons (Fsp3) is 0.387. The maximum Gasteiger partial charge on any atom is 0.424 e. The molecule has 1 aromatic heterocycles. The number of pyridine rings is 1. The number of primary amides is 1. The molecule has 0 bridgehead atoms. The van der Waals surface area contributed by atoms with Crippen molar-refractivity contribution < 1.29 is 46.5 Å². The van der Waals surface area contributed by atoms with Gasteiger partial charge < -0.3 is 30.4 Å². The third-order valence-electron chi connectivity index (χ3n) is 8.37. The number of ether oxygens (including phenoxy) is 3. The number of rotatable bonds is 10. The molecule has 0 radical (unpaired) electrons. The zero-order valence-corrected chi connectivity index (χ0v) is 23.5. The van der Waals surface area contributed by atoms with Gasteiger partial charge in [-0.3, -0.25) is 9.59 Å². The van der Waals surface area contributed by atoms with E-state index in [4.69, 9.17) is 19.9 Å². The van der Waals surface area contributed by atoms with Crippen LogP contribution >= 0.6 is 0 Å². The lowest BCUT2D eigenvalue weighted by Gasteiger charge is -2.32. The van der Waals surface area contributed by atoms with Gasteiger partial charge in [-0.05, 0) is 80.1 Å². The van der Waals surface area contributed by atoms with Crippen LogP contribution in [0.2, 0.25) is 0 Å². The molecule has 2 aromatic carbocycles. The van der Waals surface area contributed by atoms with Gasteiger partial charge in [0, 0.05) is 16.7 Å². The molecule has 6 rings (SSSR count). The smallest absolute Gasteiger partial charge is 0.424 e. The second-order valence-corrected chi connectivity index (χ2v) is 11.4. The summed E-state index contributed by atoms with van der Waals surface area (Å²) in [5.74, 6) is -1.93. The van der Waals surface area contributed by atoms with Gasteiger partial charge in [-0.25, -0.2) is 9.37 Å². The minimum atomic E-state index is -5.34. The zero-order chi connectivity index (χ0) is 31.4. The number of methoxy groups -OCH3 is 1. The molecule has 2 fully saturated rings. The highest BCUT2D eigenvalue weighted by Crippen LogP contribution is 2.56. The van der Waals surface area contributed by atoms with Gasteiger partial charge in [0.25, 0.3) is 5.91 Å². The number of carbonyl (C=O) groups is 2. The van der Waals surface area contributed by atoms with Crippen molar-refractivity contribution >= 4 is 11.8 Å². The van der Waals surface area contributed by atoms with Crippen molar-refractivity contribution in [3.8, 4) is 28.5 Å². The average molecular weight is 616 g/mol. The van der Waals surface area contributed by atoms with E-state index in [2.05, 4.69) is 10.3 Å². The number of halogens is 4. The first-order chi connectivity index (χ1) is 20.9. The predicted octanol–water partition coefficient (Wildman–Crippen LogP) is 4.14. The largest absolute Gasteiger partial charge is 0.493 e. The van der Waals surface area contributed by atoms with E-state index in [-0.39, 0.29) is 52.5 Å². The van der Waals surface area contributed by atoms with Gasteiger partial charge in [-0.2, -0.15) is 13.2 Å². The SMILES string of the molecule is COc1cc(C(=O)NCC(O)(c2cc3c(c(-c4ccc(F)cc4)n2)OC[C@@]3(C(N)=O)C2CC2)C(F)(F)F)ccc1OC1CC1. The number of nitrogens with one attached hydrogen (secondary N) is 1. The molecule has 2 saturated carbocycles. The lowest BCUT2D eigenvalue weighted by atomic mass is 9.76. The van der Waals surface area contributed by atoms with Gasteiger partial charge in [0.1, 0.15) is 29.3 Å². The summed E-state index contributed by atoms with van der Waals surface area (Å²) in [7, 11) is 1.37. The van der Waals surface area contributed by atoms with Crippen LogP contribution in [0.5, 0.6) is 17.2 Å². The van der Waals surface area contributed by atoms with Gasteiger partial charge in [0.2, 0.25) is 11.5 Å². The van der Waals surface area contributed by atoms with Gasteiger partial charge in [0.15, 0.2) is 11.5 Å². The van der Waals surface area contributed by atoms with Crippen LogP contribution in [0.1, 0.15) is 47.3 Å². The molecule has 1 aliphatic heterocycles. The fourth-order valence-electron chi connectivity index (χ4n) is 5.53. The van der Waals surface area contributed by atoms with Crippen LogP contribution in [0.4, 0.5) is 17.6 Å². The van der Waals surface area contributed by atoms with Crippen molar-refractivity contribution in [1.29, 1.82) is 0 Å². The van der Waals surface area contributed by atoms with Crippen LogP contribution < -0.4 is 25.3 Å². The Morgan fingerprint density at radius 1 is 1.09 bits per heavy atom. The highest BCUT2D eigenvalue weighted by atomic mass is 19.4. The summed E-state index contributed by atoms with van der Waals surface area (Å²) in [5.41, 5.74) is -0.133. The molecule has 9 nitrogen and oxygen atoms in total. The second kappa shape index (κ2) is 10.7. The molecule has 4 N–H and O–H groups in total. The van der Waals surface area contributed by atoms with Gasteiger partial charge in [-0.15, -0.1) is 0 Å². The minimum absolute atomic E-state index is 0.0280. The fourth-order valence-corrected chi connectivity index (χ4v) is 5.53. The monoisotopic (exact) mass is 615 g/mol. The predicted molar refractivity (Wildman–Crippen MR) is 148 cm³/mol. The second-order valence-electron chi connectivity index (χ2n) is 11.4. The van der Waals surface area contributed by atoms with Gasteiger partial charge in [0.05, 0.1) is 25.5 Å². The number of hydrogen-bond donors (Lipinski definition) is 3. The number of aromatic nitrogens is 1. The standard InChI is InChI=1S/C31H29F4N3O6/c1-42-23-12-17(4-11-22(23)44-20-9-10-20)27(39)37-14-30(41,31(33,34)35)24-13-21-26(25(38-24)16-2-7-19(32)8-3-16)43-15-29(21,28(36)40)18-5-6-18/h2-4,7-8,11-13,18,20,41H,5-6,9-10,14-15H2,1H3,(H2,36,40)(H,37,39)/t29-,30?/m1/s1. The molecule has 0 saturated heterocycles.